The number of carbonyl (C=O) groups excluding carboxylic acids is 1. The maximum Gasteiger partial charge on any atom is 0.325 e. The Kier molecular flexibility index (Phi) is 5.34. The van der Waals surface area contributed by atoms with Gasteiger partial charge in [-0.05, 0) is 24.3 Å². The monoisotopic (exact) mass is 371 g/mol. The van der Waals surface area contributed by atoms with E-state index < -0.39 is 11.0 Å². The molecule has 0 saturated carbocycles. The predicted octanol–water partition coefficient (Wildman–Crippen LogP) is 3.67. The van der Waals surface area contributed by atoms with Gasteiger partial charge in [0.05, 0.1) is 4.92 Å². The van der Waals surface area contributed by atoms with E-state index in [1.807, 2.05) is 30.3 Å². The fraction of sp³-hybridized carbons (Fsp3) is 0.0625. The third-order valence-corrected chi connectivity index (χ3v) is 3.94. The third-order valence-electron chi connectivity index (χ3n) is 3.13. The molecule has 0 saturated heterocycles. The first-order chi connectivity index (χ1) is 12.6. The summed E-state index contributed by atoms with van der Waals surface area (Å²) >= 11 is 1.19. The van der Waals surface area contributed by atoms with Gasteiger partial charge in [-0.2, -0.15) is 0 Å². The van der Waals surface area contributed by atoms with E-state index in [-0.39, 0.29) is 12.3 Å². The number of hydrogen-bond acceptors (Lipinski definition) is 7. The molecule has 1 heterocycles. The fourth-order valence-corrected chi connectivity index (χ4v) is 2.60. The number of rotatable bonds is 6. The number of urea groups is 1. The molecule has 0 atom stereocenters. The number of ether oxygens (including phenoxy) is 1. The molecule has 9 nitrogen and oxygen atoms in total. The molecule has 26 heavy (non-hydrogen) atoms. The second kappa shape index (κ2) is 8.03. The van der Waals surface area contributed by atoms with Gasteiger partial charge in [0, 0.05) is 17.8 Å². The average Bonchev–Trinajstić information content (AvgIpc) is 3.08. The number of nitro benzene ring substituents is 1. The van der Waals surface area contributed by atoms with Gasteiger partial charge in [-0.1, -0.05) is 29.5 Å². The Morgan fingerprint density at radius 2 is 1.81 bits per heavy atom. The summed E-state index contributed by atoms with van der Waals surface area (Å²) in [6.07, 6.45) is 0. The number of nitrogens with one attached hydrogen (secondary N) is 2. The van der Waals surface area contributed by atoms with E-state index in [4.69, 9.17) is 4.74 Å². The van der Waals surface area contributed by atoms with E-state index >= 15 is 0 Å². The molecule has 10 heteroatoms. The van der Waals surface area contributed by atoms with Crippen molar-refractivity contribution in [2.45, 2.75) is 6.61 Å². The Bertz CT molecular complexity index is 899. The second-order valence-corrected chi connectivity index (χ2v) is 6.05. The molecule has 0 bridgehead atoms. The molecule has 0 unspecified atom stereocenters. The van der Waals surface area contributed by atoms with Crippen molar-refractivity contribution in [2.75, 3.05) is 10.6 Å². The molecule has 2 amide bonds. The summed E-state index contributed by atoms with van der Waals surface area (Å²) in [6.45, 7) is 0.243. The van der Waals surface area contributed by atoms with Crippen LogP contribution in [-0.2, 0) is 6.61 Å². The summed E-state index contributed by atoms with van der Waals surface area (Å²) < 4.78 is 5.56. The summed E-state index contributed by atoms with van der Waals surface area (Å²) in [6, 6.07) is 14.3. The Hall–Kier alpha value is -3.53. The van der Waals surface area contributed by atoms with Gasteiger partial charge in [-0.3, -0.25) is 15.4 Å². The Morgan fingerprint density at radius 1 is 1.08 bits per heavy atom. The minimum absolute atomic E-state index is 0.0526. The van der Waals surface area contributed by atoms with E-state index in [1.165, 1.54) is 35.6 Å². The Morgan fingerprint density at radius 3 is 2.50 bits per heavy atom. The third kappa shape index (κ3) is 4.74. The lowest BCUT2D eigenvalue weighted by atomic mass is 10.3. The number of para-hydroxylation sites is 1. The lowest BCUT2D eigenvalue weighted by molar-refractivity contribution is -0.384. The van der Waals surface area contributed by atoms with Crippen LogP contribution < -0.4 is 15.4 Å². The van der Waals surface area contributed by atoms with Crippen LogP contribution in [0.2, 0.25) is 0 Å². The molecule has 0 spiro atoms. The molecule has 0 aliphatic carbocycles. The highest BCUT2D eigenvalue weighted by molar-refractivity contribution is 7.15. The second-order valence-electron chi connectivity index (χ2n) is 4.99. The number of anilines is 2. The number of hydrogen-bond donors (Lipinski definition) is 2. The maximum atomic E-state index is 11.9. The van der Waals surface area contributed by atoms with E-state index in [2.05, 4.69) is 20.8 Å². The van der Waals surface area contributed by atoms with Crippen LogP contribution in [-0.4, -0.2) is 21.2 Å². The molecule has 1 aromatic heterocycles. The summed E-state index contributed by atoms with van der Waals surface area (Å²) in [7, 11) is 0. The highest BCUT2D eigenvalue weighted by Gasteiger charge is 2.10. The molecule has 2 aromatic carbocycles. The van der Waals surface area contributed by atoms with Crippen LogP contribution in [0.5, 0.6) is 5.75 Å². The summed E-state index contributed by atoms with van der Waals surface area (Å²) in [5.74, 6) is 0.716. The molecule has 2 N–H and O–H groups in total. The number of aromatic nitrogens is 2. The topological polar surface area (TPSA) is 119 Å². The van der Waals surface area contributed by atoms with Gasteiger partial charge >= 0.3 is 6.03 Å². The number of benzene rings is 2. The van der Waals surface area contributed by atoms with E-state index in [9.17, 15) is 14.9 Å². The molecular weight excluding hydrogens is 358 g/mol. The zero-order chi connectivity index (χ0) is 18.4. The first-order valence-corrected chi connectivity index (χ1v) is 8.24. The van der Waals surface area contributed by atoms with Crippen molar-refractivity contribution < 1.29 is 14.5 Å². The lowest BCUT2D eigenvalue weighted by Crippen LogP contribution is -2.19. The summed E-state index contributed by atoms with van der Waals surface area (Å²) in [5, 5.41) is 24.5. The first kappa shape index (κ1) is 17.3. The van der Waals surface area contributed by atoms with Crippen LogP contribution in [0.1, 0.15) is 5.01 Å². The van der Waals surface area contributed by atoms with Crippen molar-refractivity contribution in [1.82, 2.24) is 10.2 Å². The van der Waals surface area contributed by atoms with Gasteiger partial charge in [0.15, 0.2) is 5.01 Å². The van der Waals surface area contributed by atoms with Gasteiger partial charge in [0.1, 0.15) is 12.4 Å². The van der Waals surface area contributed by atoms with Gasteiger partial charge in [0.2, 0.25) is 5.13 Å². The minimum atomic E-state index is -0.523. The molecule has 3 aromatic rings. The maximum absolute atomic E-state index is 11.9. The van der Waals surface area contributed by atoms with Crippen molar-refractivity contribution in [3.63, 3.8) is 0 Å². The number of non-ortho nitro benzene ring substituents is 1. The predicted molar refractivity (Wildman–Crippen MR) is 96.4 cm³/mol. The minimum Gasteiger partial charge on any atom is -0.486 e. The first-order valence-electron chi connectivity index (χ1n) is 7.43. The lowest BCUT2D eigenvalue weighted by Gasteiger charge is -2.04. The summed E-state index contributed by atoms with van der Waals surface area (Å²) in [4.78, 5) is 22.0. The van der Waals surface area contributed by atoms with Crippen molar-refractivity contribution in [2.24, 2.45) is 0 Å². The van der Waals surface area contributed by atoms with Crippen LogP contribution in [0.25, 0.3) is 0 Å². The summed E-state index contributed by atoms with van der Waals surface area (Å²) in [5.41, 5.74) is 0.369. The molecule has 132 valence electrons. The molecule has 0 fully saturated rings. The highest BCUT2D eigenvalue weighted by atomic mass is 32.1. The van der Waals surface area contributed by atoms with Crippen LogP contribution in [0, 0.1) is 10.1 Å². The number of carbonyl (C=O) groups is 1. The van der Waals surface area contributed by atoms with Crippen LogP contribution in [0.3, 0.4) is 0 Å². The number of nitrogens with zero attached hydrogens (tertiary/aromatic N) is 3. The van der Waals surface area contributed by atoms with Crippen molar-refractivity contribution >= 4 is 33.9 Å². The van der Waals surface area contributed by atoms with Gasteiger partial charge < -0.3 is 10.1 Å². The number of amides is 2. The van der Waals surface area contributed by atoms with Crippen LogP contribution in [0.4, 0.5) is 21.3 Å². The molecular formula is C16H13N5O4S. The van der Waals surface area contributed by atoms with Crippen molar-refractivity contribution in [3.05, 3.63) is 69.7 Å². The standard InChI is InChI=1S/C16H13N5O4S/c22-15(17-11-6-8-12(9-7-11)21(23)24)18-16-20-19-14(26-16)10-25-13-4-2-1-3-5-13/h1-9H,10H2,(H2,17,18,20,22). The Balaban J connectivity index is 1.51. The molecule has 0 aliphatic rings. The quantitative estimate of drug-likeness (QED) is 0.504. The van der Waals surface area contributed by atoms with E-state index in [1.54, 1.807) is 0 Å². The average molecular weight is 371 g/mol. The van der Waals surface area contributed by atoms with Crippen molar-refractivity contribution in [3.8, 4) is 5.75 Å². The van der Waals surface area contributed by atoms with Crippen LogP contribution >= 0.6 is 11.3 Å². The fourth-order valence-electron chi connectivity index (χ4n) is 1.95. The molecule has 3 rings (SSSR count). The smallest absolute Gasteiger partial charge is 0.325 e. The van der Waals surface area contributed by atoms with Gasteiger partial charge in [-0.15, -0.1) is 10.2 Å². The largest absolute Gasteiger partial charge is 0.486 e. The Labute approximate surface area is 151 Å². The normalized spacial score (nSPS) is 10.2. The zero-order valence-electron chi connectivity index (χ0n) is 13.3. The number of nitro groups is 1. The molecule has 0 aliphatic heterocycles. The SMILES string of the molecule is O=C(Nc1ccc([N+](=O)[O-])cc1)Nc1nnc(COc2ccccc2)s1. The highest BCUT2D eigenvalue weighted by Crippen LogP contribution is 2.19. The van der Waals surface area contributed by atoms with E-state index in [0.29, 0.717) is 21.6 Å². The van der Waals surface area contributed by atoms with Crippen LogP contribution in [0.15, 0.2) is 54.6 Å². The molecule has 0 radical (unpaired) electrons. The van der Waals surface area contributed by atoms with E-state index in [0.717, 1.165) is 0 Å². The zero-order valence-corrected chi connectivity index (χ0v) is 14.1. The van der Waals surface area contributed by atoms with Gasteiger partial charge in [0.25, 0.3) is 5.69 Å². The van der Waals surface area contributed by atoms with Gasteiger partial charge in [-0.25, -0.2) is 4.79 Å². The van der Waals surface area contributed by atoms with Crippen molar-refractivity contribution in [1.29, 1.82) is 0 Å².